The summed E-state index contributed by atoms with van der Waals surface area (Å²) in [6.07, 6.45) is 6.01. The first-order valence-corrected chi connectivity index (χ1v) is 5.62. The van der Waals surface area contributed by atoms with Crippen LogP contribution in [0.5, 0.6) is 0 Å². The zero-order valence-electron chi connectivity index (χ0n) is 9.04. The molecule has 1 amide bonds. The van der Waals surface area contributed by atoms with Crippen molar-refractivity contribution in [3.8, 4) is 0 Å². The Morgan fingerprint density at radius 1 is 1.50 bits per heavy atom. The van der Waals surface area contributed by atoms with Gasteiger partial charge < -0.3 is 11.5 Å². The van der Waals surface area contributed by atoms with Crippen molar-refractivity contribution >= 4 is 5.91 Å². The van der Waals surface area contributed by atoms with Gasteiger partial charge in [-0.1, -0.05) is 26.2 Å². The lowest BCUT2D eigenvalue weighted by molar-refractivity contribution is -0.122. The maximum atomic E-state index is 11.0. The predicted molar refractivity (Wildman–Crippen MR) is 57.5 cm³/mol. The van der Waals surface area contributed by atoms with E-state index in [0.717, 1.165) is 12.3 Å². The first kappa shape index (κ1) is 11.5. The second kappa shape index (κ2) is 5.35. The Kier molecular flexibility index (Phi) is 4.39. The molecule has 3 atom stereocenters. The average molecular weight is 198 g/mol. The van der Waals surface area contributed by atoms with Crippen LogP contribution in [0.3, 0.4) is 0 Å². The highest BCUT2D eigenvalue weighted by molar-refractivity contribution is 5.76. The second-order valence-corrected chi connectivity index (χ2v) is 4.71. The van der Waals surface area contributed by atoms with Gasteiger partial charge in [-0.15, -0.1) is 0 Å². The van der Waals surface area contributed by atoms with Crippen LogP contribution in [-0.4, -0.2) is 12.5 Å². The van der Waals surface area contributed by atoms with Crippen LogP contribution in [0.15, 0.2) is 0 Å². The molecule has 0 radical (unpaired) electrons. The van der Waals surface area contributed by atoms with Crippen LogP contribution < -0.4 is 11.5 Å². The molecule has 1 fully saturated rings. The molecule has 0 aromatic carbocycles. The molecule has 3 nitrogen and oxygen atoms in total. The van der Waals surface area contributed by atoms with Crippen LogP contribution in [0.4, 0.5) is 0 Å². The number of carbonyl (C=O) groups excluding carboxylic acids is 1. The summed E-state index contributed by atoms with van der Waals surface area (Å²) in [5, 5.41) is 0. The summed E-state index contributed by atoms with van der Waals surface area (Å²) < 4.78 is 0. The van der Waals surface area contributed by atoms with Gasteiger partial charge in [0.25, 0.3) is 0 Å². The van der Waals surface area contributed by atoms with Crippen LogP contribution in [0.2, 0.25) is 0 Å². The summed E-state index contributed by atoms with van der Waals surface area (Å²) in [5.74, 6) is 1.14. The van der Waals surface area contributed by atoms with Gasteiger partial charge in [0.15, 0.2) is 0 Å². The van der Waals surface area contributed by atoms with E-state index in [1.54, 1.807) is 0 Å². The molecule has 4 N–H and O–H groups in total. The Morgan fingerprint density at radius 2 is 2.21 bits per heavy atom. The lowest BCUT2D eigenvalue weighted by Crippen LogP contribution is -2.32. The van der Waals surface area contributed by atoms with Crippen LogP contribution in [-0.2, 0) is 4.79 Å². The molecule has 82 valence electrons. The number of primary amides is 1. The Hall–Kier alpha value is -0.570. The molecule has 0 bridgehead atoms. The molecule has 0 saturated heterocycles. The third-order valence-corrected chi connectivity index (χ3v) is 3.35. The first-order chi connectivity index (χ1) is 6.63. The lowest BCUT2D eigenvalue weighted by atomic mass is 9.78. The van der Waals surface area contributed by atoms with Crippen molar-refractivity contribution in [3.05, 3.63) is 0 Å². The Balaban J connectivity index is 2.37. The monoisotopic (exact) mass is 198 g/mol. The van der Waals surface area contributed by atoms with Gasteiger partial charge in [0.2, 0.25) is 5.91 Å². The van der Waals surface area contributed by atoms with Crippen molar-refractivity contribution in [1.29, 1.82) is 0 Å². The van der Waals surface area contributed by atoms with Gasteiger partial charge in [0.1, 0.15) is 0 Å². The molecule has 0 aromatic heterocycles. The van der Waals surface area contributed by atoms with Gasteiger partial charge in [-0.2, -0.15) is 0 Å². The van der Waals surface area contributed by atoms with Gasteiger partial charge in [0, 0.05) is 6.54 Å². The summed E-state index contributed by atoms with van der Waals surface area (Å²) in [5.41, 5.74) is 10.8. The summed E-state index contributed by atoms with van der Waals surface area (Å²) in [6, 6.07) is 0. The molecule has 0 spiro atoms. The van der Waals surface area contributed by atoms with E-state index in [4.69, 9.17) is 11.5 Å². The van der Waals surface area contributed by atoms with Crippen LogP contribution in [0.1, 0.15) is 39.0 Å². The number of carbonyl (C=O) groups is 1. The Labute approximate surface area is 86.2 Å². The summed E-state index contributed by atoms with van der Waals surface area (Å²) in [4.78, 5) is 11.0. The molecular weight excluding hydrogens is 176 g/mol. The molecule has 1 aliphatic carbocycles. The zero-order valence-corrected chi connectivity index (χ0v) is 9.04. The zero-order chi connectivity index (χ0) is 10.6. The largest absolute Gasteiger partial charge is 0.369 e. The molecule has 0 aliphatic heterocycles. The number of rotatable bonds is 4. The standard InChI is InChI=1S/C11H22N2O/c1-8-3-2-4-9(5-8)6-10(7-12)11(13)14/h8-10H,2-7,12H2,1H3,(H2,13,14). The van der Waals surface area contributed by atoms with E-state index in [1.807, 2.05) is 0 Å². The van der Waals surface area contributed by atoms with E-state index in [0.29, 0.717) is 12.5 Å². The van der Waals surface area contributed by atoms with Crippen molar-refractivity contribution < 1.29 is 4.79 Å². The number of hydrogen-bond donors (Lipinski definition) is 2. The van der Waals surface area contributed by atoms with Crippen molar-refractivity contribution in [3.63, 3.8) is 0 Å². The van der Waals surface area contributed by atoms with Crippen molar-refractivity contribution in [2.45, 2.75) is 39.0 Å². The lowest BCUT2D eigenvalue weighted by Gasteiger charge is -2.28. The molecule has 1 saturated carbocycles. The highest BCUT2D eigenvalue weighted by Crippen LogP contribution is 2.32. The van der Waals surface area contributed by atoms with Crippen molar-refractivity contribution in [2.24, 2.45) is 29.2 Å². The van der Waals surface area contributed by atoms with E-state index >= 15 is 0 Å². The summed E-state index contributed by atoms with van der Waals surface area (Å²) >= 11 is 0. The highest BCUT2D eigenvalue weighted by atomic mass is 16.1. The van der Waals surface area contributed by atoms with E-state index < -0.39 is 0 Å². The SMILES string of the molecule is CC1CCCC(CC(CN)C(N)=O)C1. The van der Waals surface area contributed by atoms with Crippen LogP contribution in [0.25, 0.3) is 0 Å². The van der Waals surface area contributed by atoms with E-state index in [2.05, 4.69) is 6.92 Å². The first-order valence-electron chi connectivity index (χ1n) is 5.62. The second-order valence-electron chi connectivity index (χ2n) is 4.71. The summed E-state index contributed by atoms with van der Waals surface area (Å²) in [6.45, 7) is 2.69. The Bertz CT molecular complexity index is 194. The highest BCUT2D eigenvalue weighted by Gasteiger charge is 2.24. The van der Waals surface area contributed by atoms with Gasteiger partial charge in [0.05, 0.1) is 5.92 Å². The molecule has 14 heavy (non-hydrogen) atoms. The normalized spacial score (nSPS) is 29.9. The third kappa shape index (κ3) is 3.29. The predicted octanol–water partition coefficient (Wildman–Crippen LogP) is 1.26. The topological polar surface area (TPSA) is 69.1 Å². The van der Waals surface area contributed by atoms with Crippen molar-refractivity contribution in [1.82, 2.24) is 0 Å². The molecule has 0 aromatic rings. The van der Waals surface area contributed by atoms with Gasteiger partial charge >= 0.3 is 0 Å². The van der Waals surface area contributed by atoms with Crippen molar-refractivity contribution in [2.75, 3.05) is 6.54 Å². The molecule has 1 aliphatic rings. The van der Waals surface area contributed by atoms with Gasteiger partial charge in [-0.05, 0) is 24.7 Å². The van der Waals surface area contributed by atoms with Crippen LogP contribution >= 0.6 is 0 Å². The summed E-state index contributed by atoms with van der Waals surface area (Å²) in [7, 11) is 0. The fourth-order valence-electron chi connectivity index (χ4n) is 2.50. The molecule has 1 rings (SSSR count). The molecule has 0 heterocycles. The number of amides is 1. The fourth-order valence-corrected chi connectivity index (χ4v) is 2.50. The minimum atomic E-state index is -0.231. The molecular formula is C11H22N2O. The Morgan fingerprint density at radius 3 is 2.71 bits per heavy atom. The quantitative estimate of drug-likeness (QED) is 0.714. The van der Waals surface area contributed by atoms with E-state index in [9.17, 15) is 4.79 Å². The van der Waals surface area contributed by atoms with E-state index in [1.165, 1.54) is 25.7 Å². The average Bonchev–Trinajstić information content (AvgIpc) is 2.14. The number of hydrogen-bond acceptors (Lipinski definition) is 2. The third-order valence-electron chi connectivity index (χ3n) is 3.35. The fraction of sp³-hybridized carbons (Fsp3) is 0.909. The van der Waals surface area contributed by atoms with Crippen LogP contribution in [0, 0.1) is 17.8 Å². The minimum absolute atomic E-state index is 0.106. The van der Waals surface area contributed by atoms with Gasteiger partial charge in [-0.25, -0.2) is 0 Å². The minimum Gasteiger partial charge on any atom is -0.369 e. The smallest absolute Gasteiger partial charge is 0.221 e. The molecule has 3 unspecified atom stereocenters. The van der Waals surface area contributed by atoms with Gasteiger partial charge in [-0.3, -0.25) is 4.79 Å². The maximum absolute atomic E-state index is 11.0. The maximum Gasteiger partial charge on any atom is 0.221 e. The number of nitrogens with two attached hydrogens (primary N) is 2. The van der Waals surface area contributed by atoms with E-state index in [-0.39, 0.29) is 11.8 Å². The molecule has 3 heteroatoms.